The van der Waals surface area contributed by atoms with E-state index in [1.54, 1.807) is 24.3 Å². The molecule has 3 aromatic rings. The van der Waals surface area contributed by atoms with Crippen LogP contribution in [0.25, 0.3) is 11.0 Å². The molecule has 0 unspecified atom stereocenters. The molecule has 0 saturated carbocycles. The summed E-state index contributed by atoms with van der Waals surface area (Å²) in [5.74, 6) is -0.314. The van der Waals surface area contributed by atoms with E-state index in [-0.39, 0.29) is 5.82 Å². The molecule has 1 amide bonds. The van der Waals surface area contributed by atoms with Crippen molar-refractivity contribution in [2.75, 3.05) is 0 Å². The van der Waals surface area contributed by atoms with Crippen LogP contribution in [0.5, 0.6) is 0 Å². The van der Waals surface area contributed by atoms with Gasteiger partial charge in [0.2, 0.25) is 0 Å². The average molecular weight is 269 g/mol. The Hall–Kier alpha value is -2.62. The molecule has 0 bridgehead atoms. The lowest BCUT2D eigenvalue weighted by atomic mass is 10.0. The van der Waals surface area contributed by atoms with Gasteiger partial charge in [-0.1, -0.05) is 30.3 Å². The highest BCUT2D eigenvalue weighted by Crippen LogP contribution is 2.27. The van der Waals surface area contributed by atoms with Crippen LogP contribution in [-0.2, 0) is 6.42 Å². The van der Waals surface area contributed by atoms with Gasteiger partial charge in [0, 0.05) is 11.8 Å². The highest BCUT2D eigenvalue weighted by atomic mass is 19.1. The Kier molecular flexibility index (Phi) is 2.99. The number of hydrogen-bond acceptors (Lipinski definition) is 2. The summed E-state index contributed by atoms with van der Waals surface area (Å²) in [6.45, 7) is 0. The van der Waals surface area contributed by atoms with Gasteiger partial charge in [0.1, 0.15) is 17.2 Å². The molecule has 0 atom stereocenters. The minimum absolute atomic E-state index is 0.298. The first-order valence-corrected chi connectivity index (χ1v) is 6.20. The Morgan fingerprint density at radius 1 is 1.10 bits per heavy atom. The maximum Gasteiger partial charge on any atom is 0.252 e. The average Bonchev–Trinajstić information content (AvgIpc) is 2.79. The number of halogens is 1. The quantitative estimate of drug-likeness (QED) is 0.793. The van der Waals surface area contributed by atoms with Crippen molar-refractivity contribution in [3.63, 3.8) is 0 Å². The molecule has 1 aromatic heterocycles. The molecule has 3 rings (SSSR count). The fourth-order valence-electron chi connectivity index (χ4n) is 2.28. The predicted octanol–water partition coefficient (Wildman–Crippen LogP) is 3.26. The van der Waals surface area contributed by atoms with E-state index < -0.39 is 5.91 Å². The van der Waals surface area contributed by atoms with Crippen molar-refractivity contribution < 1.29 is 13.6 Å². The summed E-state index contributed by atoms with van der Waals surface area (Å²) in [6, 6.07) is 13.3. The zero-order valence-corrected chi connectivity index (χ0v) is 10.6. The van der Waals surface area contributed by atoms with Gasteiger partial charge in [-0.2, -0.15) is 0 Å². The molecular weight excluding hydrogens is 257 g/mol. The SMILES string of the molecule is NC(=O)c1c(Cc2ccc(F)cc2)oc2ccccc12. The highest BCUT2D eigenvalue weighted by molar-refractivity contribution is 6.06. The van der Waals surface area contributed by atoms with E-state index in [0.717, 1.165) is 5.56 Å². The van der Waals surface area contributed by atoms with Gasteiger partial charge in [-0.3, -0.25) is 4.79 Å². The third-order valence-electron chi connectivity index (χ3n) is 3.19. The van der Waals surface area contributed by atoms with Gasteiger partial charge >= 0.3 is 0 Å². The van der Waals surface area contributed by atoms with Crippen molar-refractivity contribution in [1.82, 2.24) is 0 Å². The number of amides is 1. The topological polar surface area (TPSA) is 56.2 Å². The van der Waals surface area contributed by atoms with Crippen LogP contribution < -0.4 is 5.73 Å². The van der Waals surface area contributed by atoms with Gasteiger partial charge in [0.05, 0.1) is 5.56 Å². The molecule has 2 N–H and O–H groups in total. The summed E-state index contributed by atoms with van der Waals surface area (Å²) in [5, 5.41) is 0.706. The zero-order chi connectivity index (χ0) is 14.1. The molecule has 100 valence electrons. The molecule has 20 heavy (non-hydrogen) atoms. The van der Waals surface area contributed by atoms with E-state index in [1.807, 2.05) is 12.1 Å². The van der Waals surface area contributed by atoms with E-state index in [0.29, 0.717) is 28.7 Å². The van der Waals surface area contributed by atoms with Crippen LogP contribution in [0.15, 0.2) is 52.9 Å². The van der Waals surface area contributed by atoms with Crippen LogP contribution in [-0.4, -0.2) is 5.91 Å². The Bertz CT molecular complexity index is 775. The molecular formula is C16H12FNO2. The molecule has 0 radical (unpaired) electrons. The van der Waals surface area contributed by atoms with E-state index >= 15 is 0 Å². The number of primary amides is 1. The van der Waals surface area contributed by atoms with Crippen molar-refractivity contribution in [1.29, 1.82) is 0 Å². The molecule has 0 aliphatic rings. The molecule has 0 aliphatic heterocycles. The van der Waals surface area contributed by atoms with Gasteiger partial charge in [-0.15, -0.1) is 0 Å². The van der Waals surface area contributed by atoms with Gasteiger partial charge in [0.25, 0.3) is 5.91 Å². The second kappa shape index (κ2) is 4.81. The number of carbonyl (C=O) groups excluding carboxylic acids is 1. The maximum absolute atomic E-state index is 12.9. The van der Waals surface area contributed by atoms with Crippen molar-refractivity contribution in [2.24, 2.45) is 5.73 Å². The molecule has 0 saturated heterocycles. The Labute approximate surface area is 114 Å². The standard InChI is InChI=1S/C16H12FNO2/c17-11-7-5-10(6-8-11)9-14-15(16(18)19)12-3-1-2-4-13(12)20-14/h1-8H,9H2,(H2,18,19). The van der Waals surface area contributed by atoms with E-state index in [9.17, 15) is 9.18 Å². The van der Waals surface area contributed by atoms with Crippen LogP contribution in [0.4, 0.5) is 4.39 Å². The van der Waals surface area contributed by atoms with Crippen molar-refractivity contribution >= 4 is 16.9 Å². The fourth-order valence-corrected chi connectivity index (χ4v) is 2.28. The number of rotatable bonds is 3. The number of hydrogen-bond donors (Lipinski definition) is 1. The first kappa shape index (κ1) is 12.4. The zero-order valence-electron chi connectivity index (χ0n) is 10.6. The number of benzene rings is 2. The second-order valence-electron chi connectivity index (χ2n) is 4.56. The Balaban J connectivity index is 2.08. The summed E-state index contributed by atoms with van der Waals surface area (Å²) < 4.78 is 18.6. The van der Waals surface area contributed by atoms with Crippen molar-refractivity contribution in [2.45, 2.75) is 6.42 Å². The van der Waals surface area contributed by atoms with Gasteiger partial charge in [-0.25, -0.2) is 4.39 Å². The van der Waals surface area contributed by atoms with Crippen LogP contribution in [0.3, 0.4) is 0 Å². The number of para-hydroxylation sites is 1. The van der Waals surface area contributed by atoms with E-state index in [1.165, 1.54) is 12.1 Å². The van der Waals surface area contributed by atoms with Gasteiger partial charge < -0.3 is 10.2 Å². The summed E-state index contributed by atoms with van der Waals surface area (Å²) >= 11 is 0. The van der Waals surface area contributed by atoms with E-state index in [2.05, 4.69) is 0 Å². The van der Waals surface area contributed by atoms with Crippen molar-refractivity contribution in [3.8, 4) is 0 Å². The van der Waals surface area contributed by atoms with Crippen LogP contribution >= 0.6 is 0 Å². The van der Waals surface area contributed by atoms with Crippen LogP contribution in [0.1, 0.15) is 21.7 Å². The predicted molar refractivity (Wildman–Crippen MR) is 73.9 cm³/mol. The largest absolute Gasteiger partial charge is 0.460 e. The number of fused-ring (bicyclic) bond motifs is 1. The summed E-state index contributed by atoms with van der Waals surface area (Å²) in [5.41, 5.74) is 7.32. The smallest absolute Gasteiger partial charge is 0.252 e. The van der Waals surface area contributed by atoms with Gasteiger partial charge in [-0.05, 0) is 23.8 Å². The third-order valence-corrected chi connectivity index (χ3v) is 3.19. The fraction of sp³-hybridized carbons (Fsp3) is 0.0625. The second-order valence-corrected chi connectivity index (χ2v) is 4.56. The minimum atomic E-state index is -0.521. The molecule has 2 aromatic carbocycles. The molecule has 0 aliphatic carbocycles. The molecule has 0 fully saturated rings. The summed E-state index contributed by atoms with van der Waals surface area (Å²) in [4.78, 5) is 11.6. The maximum atomic E-state index is 12.9. The van der Waals surface area contributed by atoms with Crippen LogP contribution in [0, 0.1) is 5.82 Å². The minimum Gasteiger partial charge on any atom is -0.460 e. The molecule has 1 heterocycles. The Morgan fingerprint density at radius 3 is 2.50 bits per heavy atom. The lowest BCUT2D eigenvalue weighted by molar-refractivity contribution is 0.1000. The summed E-state index contributed by atoms with van der Waals surface area (Å²) in [7, 11) is 0. The monoisotopic (exact) mass is 269 g/mol. The first-order valence-electron chi connectivity index (χ1n) is 6.20. The van der Waals surface area contributed by atoms with E-state index in [4.69, 9.17) is 10.2 Å². The van der Waals surface area contributed by atoms with Gasteiger partial charge in [0.15, 0.2) is 0 Å². The number of furan rings is 1. The number of nitrogens with two attached hydrogens (primary N) is 1. The molecule has 4 heteroatoms. The number of carbonyl (C=O) groups is 1. The molecule has 0 spiro atoms. The normalized spacial score (nSPS) is 10.8. The summed E-state index contributed by atoms with van der Waals surface area (Å²) in [6.07, 6.45) is 0.396. The Morgan fingerprint density at radius 2 is 1.80 bits per heavy atom. The third kappa shape index (κ3) is 2.16. The first-order chi connectivity index (χ1) is 9.65. The van der Waals surface area contributed by atoms with Crippen molar-refractivity contribution in [3.05, 3.63) is 71.2 Å². The lowest BCUT2D eigenvalue weighted by Gasteiger charge is -2.00. The van der Waals surface area contributed by atoms with Crippen LogP contribution in [0.2, 0.25) is 0 Å². The highest BCUT2D eigenvalue weighted by Gasteiger charge is 2.18. The lowest BCUT2D eigenvalue weighted by Crippen LogP contribution is -2.12. The molecule has 3 nitrogen and oxygen atoms in total.